The molecule has 1 aromatic heterocycles. The van der Waals surface area contributed by atoms with Gasteiger partial charge < -0.3 is 5.32 Å². The molecular formula is C15H23N3. The molecule has 1 atom stereocenters. The molecule has 3 nitrogen and oxygen atoms in total. The summed E-state index contributed by atoms with van der Waals surface area (Å²) >= 11 is 0. The van der Waals surface area contributed by atoms with Crippen molar-refractivity contribution in [2.75, 3.05) is 13.1 Å². The van der Waals surface area contributed by atoms with E-state index in [1.807, 2.05) is 12.4 Å². The highest BCUT2D eigenvalue weighted by molar-refractivity contribution is 5.10. The van der Waals surface area contributed by atoms with Crippen molar-refractivity contribution in [3.05, 3.63) is 30.1 Å². The van der Waals surface area contributed by atoms with Gasteiger partial charge in [-0.05, 0) is 49.9 Å². The van der Waals surface area contributed by atoms with Crippen LogP contribution in [0.3, 0.4) is 0 Å². The van der Waals surface area contributed by atoms with E-state index in [1.54, 1.807) is 0 Å². The molecule has 0 aromatic carbocycles. The van der Waals surface area contributed by atoms with Crippen molar-refractivity contribution in [3.8, 4) is 0 Å². The topological polar surface area (TPSA) is 28.2 Å². The smallest absolute Gasteiger partial charge is 0.0271 e. The Labute approximate surface area is 110 Å². The molecule has 98 valence electrons. The van der Waals surface area contributed by atoms with Gasteiger partial charge >= 0.3 is 0 Å². The third-order valence-corrected chi connectivity index (χ3v) is 4.07. The molecule has 2 heterocycles. The van der Waals surface area contributed by atoms with E-state index in [-0.39, 0.29) is 0 Å². The van der Waals surface area contributed by atoms with Gasteiger partial charge in [-0.1, -0.05) is 6.42 Å². The van der Waals surface area contributed by atoms with Gasteiger partial charge in [0.25, 0.3) is 0 Å². The number of rotatable bonds is 5. The van der Waals surface area contributed by atoms with Gasteiger partial charge in [-0.25, -0.2) is 0 Å². The van der Waals surface area contributed by atoms with E-state index in [0.29, 0.717) is 6.04 Å². The van der Waals surface area contributed by atoms with Crippen LogP contribution in [0.25, 0.3) is 0 Å². The average Bonchev–Trinajstić information content (AvgIpc) is 3.25. The van der Waals surface area contributed by atoms with Gasteiger partial charge in [-0.2, -0.15) is 0 Å². The fourth-order valence-electron chi connectivity index (χ4n) is 2.87. The van der Waals surface area contributed by atoms with Crippen LogP contribution in [0, 0.1) is 0 Å². The third kappa shape index (κ3) is 3.30. The molecule has 1 aliphatic heterocycles. The molecule has 18 heavy (non-hydrogen) atoms. The van der Waals surface area contributed by atoms with Crippen LogP contribution in [0.5, 0.6) is 0 Å². The first-order valence-corrected chi connectivity index (χ1v) is 7.28. The van der Waals surface area contributed by atoms with Crippen LogP contribution in [-0.2, 0) is 6.54 Å². The van der Waals surface area contributed by atoms with Gasteiger partial charge in [0.1, 0.15) is 0 Å². The summed E-state index contributed by atoms with van der Waals surface area (Å²) in [6.07, 6.45) is 10.7. The van der Waals surface area contributed by atoms with E-state index in [9.17, 15) is 0 Å². The second-order valence-electron chi connectivity index (χ2n) is 5.66. The van der Waals surface area contributed by atoms with Gasteiger partial charge in [-0.15, -0.1) is 0 Å². The fourth-order valence-corrected chi connectivity index (χ4v) is 2.87. The van der Waals surface area contributed by atoms with Crippen molar-refractivity contribution in [3.63, 3.8) is 0 Å². The predicted molar refractivity (Wildman–Crippen MR) is 73.3 cm³/mol. The van der Waals surface area contributed by atoms with E-state index < -0.39 is 0 Å². The van der Waals surface area contributed by atoms with E-state index in [0.717, 1.165) is 12.6 Å². The molecule has 0 amide bonds. The second kappa shape index (κ2) is 5.81. The SMILES string of the molecule is c1cc(CN(CC2CCCCN2)C2CC2)ccn1. The summed E-state index contributed by atoms with van der Waals surface area (Å²) in [7, 11) is 0. The van der Waals surface area contributed by atoms with Crippen LogP contribution < -0.4 is 5.32 Å². The normalized spacial score (nSPS) is 24.4. The quantitative estimate of drug-likeness (QED) is 0.862. The van der Waals surface area contributed by atoms with Crippen LogP contribution in [0.2, 0.25) is 0 Å². The van der Waals surface area contributed by atoms with Gasteiger partial charge in [0.2, 0.25) is 0 Å². The van der Waals surface area contributed by atoms with Crippen molar-refractivity contribution < 1.29 is 0 Å². The first kappa shape index (κ1) is 12.1. The zero-order chi connectivity index (χ0) is 12.2. The Kier molecular flexibility index (Phi) is 3.91. The Balaban J connectivity index is 1.58. The van der Waals surface area contributed by atoms with Gasteiger partial charge in [-0.3, -0.25) is 9.88 Å². The highest BCUT2D eigenvalue weighted by Gasteiger charge is 2.30. The lowest BCUT2D eigenvalue weighted by Crippen LogP contribution is -2.44. The van der Waals surface area contributed by atoms with Gasteiger partial charge in [0.05, 0.1) is 0 Å². The molecule has 1 N–H and O–H groups in total. The Morgan fingerprint density at radius 1 is 1.17 bits per heavy atom. The summed E-state index contributed by atoms with van der Waals surface area (Å²) in [5.74, 6) is 0. The summed E-state index contributed by atoms with van der Waals surface area (Å²) < 4.78 is 0. The van der Waals surface area contributed by atoms with Crippen molar-refractivity contribution in [2.24, 2.45) is 0 Å². The molecule has 2 fully saturated rings. The monoisotopic (exact) mass is 245 g/mol. The second-order valence-corrected chi connectivity index (χ2v) is 5.66. The van der Waals surface area contributed by atoms with E-state index in [2.05, 4.69) is 27.3 Å². The number of hydrogen-bond donors (Lipinski definition) is 1. The number of aromatic nitrogens is 1. The standard InChI is InChI=1S/C15H23N3/c1-2-8-17-14(3-1)12-18(15-4-5-15)11-13-6-9-16-10-7-13/h6-7,9-10,14-15,17H,1-5,8,11-12H2. The largest absolute Gasteiger partial charge is 0.313 e. The Hall–Kier alpha value is -0.930. The molecule has 0 spiro atoms. The van der Waals surface area contributed by atoms with E-state index >= 15 is 0 Å². The average molecular weight is 245 g/mol. The molecule has 1 aliphatic carbocycles. The van der Waals surface area contributed by atoms with Crippen LogP contribution in [0.1, 0.15) is 37.7 Å². The Morgan fingerprint density at radius 3 is 2.67 bits per heavy atom. The molecule has 1 saturated carbocycles. The molecule has 1 aromatic rings. The zero-order valence-corrected chi connectivity index (χ0v) is 11.0. The third-order valence-electron chi connectivity index (χ3n) is 4.07. The molecule has 0 radical (unpaired) electrons. The minimum Gasteiger partial charge on any atom is -0.313 e. The minimum absolute atomic E-state index is 0.709. The van der Waals surface area contributed by atoms with Crippen molar-refractivity contribution in [1.82, 2.24) is 15.2 Å². The highest BCUT2D eigenvalue weighted by Crippen LogP contribution is 2.29. The van der Waals surface area contributed by atoms with Gasteiger partial charge in [0, 0.05) is 37.6 Å². The molecule has 3 rings (SSSR count). The molecule has 1 saturated heterocycles. The first-order valence-electron chi connectivity index (χ1n) is 7.28. The Bertz CT molecular complexity index is 355. The van der Waals surface area contributed by atoms with Crippen LogP contribution in [-0.4, -0.2) is 35.1 Å². The fraction of sp³-hybridized carbons (Fsp3) is 0.667. The summed E-state index contributed by atoms with van der Waals surface area (Å²) in [5.41, 5.74) is 1.40. The zero-order valence-electron chi connectivity index (χ0n) is 11.0. The Morgan fingerprint density at radius 2 is 2.00 bits per heavy atom. The van der Waals surface area contributed by atoms with Crippen LogP contribution in [0.15, 0.2) is 24.5 Å². The maximum absolute atomic E-state index is 4.10. The lowest BCUT2D eigenvalue weighted by Gasteiger charge is -2.30. The summed E-state index contributed by atoms with van der Waals surface area (Å²) in [6, 6.07) is 5.83. The maximum Gasteiger partial charge on any atom is 0.0271 e. The molecule has 3 heteroatoms. The van der Waals surface area contributed by atoms with Crippen molar-refractivity contribution >= 4 is 0 Å². The first-order chi connectivity index (χ1) is 8.92. The lowest BCUT2D eigenvalue weighted by molar-refractivity contribution is 0.208. The maximum atomic E-state index is 4.10. The number of nitrogens with zero attached hydrogens (tertiary/aromatic N) is 2. The molecule has 1 unspecified atom stereocenters. The summed E-state index contributed by atoms with van der Waals surface area (Å²) in [4.78, 5) is 6.76. The van der Waals surface area contributed by atoms with Gasteiger partial charge in [0.15, 0.2) is 0 Å². The molecule has 2 aliphatic rings. The summed E-state index contributed by atoms with van der Waals surface area (Å²) in [5, 5.41) is 3.66. The van der Waals surface area contributed by atoms with Crippen molar-refractivity contribution in [2.45, 2.75) is 50.7 Å². The highest BCUT2D eigenvalue weighted by atomic mass is 15.2. The minimum atomic E-state index is 0.709. The van der Waals surface area contributed by atoms with E-state index in [1.165, 1.54) is 50.8 Å². The van der Waals surface area contributed by atoms with Crippen molar-refractivity contribution in [1.29, 1.82) is 0 Å². The lowest BCUT2D eigenvalue weighted by atomic mass is 10.0. The van der Waals surface area contributed by atoms with E-state index in [4.69, 9.17) is 0 Å². The number of nitrogens with one attached hydrogen (secondary N) is 1. The number of pyridine rings is 1. The molecule has 0 bridgehead atoms. The van der Waals surface area contributed by atoms with Crippen LogP contribution in [0.4, 0.5) is 0 Å². The van der Waals surface area contributed by atoms with Crippen LogP contribution >= 0.6 is 0 Å². The summed E-state index contributed by atoms with van der Waals surface area (Å²) in [6.45, 7) is 3.51. The number of piperidine rings is 1. The molecular weight excluding hydrogens is 222 g/mol. The predicted octanol–water partition coefficient (Wildman–Crippen LogP) is 2.19. The number of hydrogen-bond acceptors (Lipinski definition) is 3.